The van der Waals surface area contributed by atoms with Crippen LogP contribution in [0, 0.1) is 0 Å². The maximum Gasteiger partial charge on any atom is 0.173 e. The standard InChI is InChI=1S/C17H13NOS/c19-20(18-13-14-7-2-1-3-8-14)17-12-6-10-15-9-4-5-11-16(15)17/h1-13H/b18-13+/t20-/m0/s1. The number of hydrogen-bond acceptors (Lipinski definition) is 1. The summed E-state index contributed by atoms with van der Waals surface area (Å²) in [5.74, 6) is 0. The van der Waals surface area contributed by atoms with Crippen LogP contribution in [-0.2, 0) is 11.0 Å². The van der Waals surface area contributed by atoms with Crippen LogP contribution in [0.2, 0.25) is 0 Å². The lowest BCUT2D eigenvalue weighted by Gasteiger charge is -2.02. The molecule has 98 valence electrons. The van der Waals surface area contributed by atoms with Gasteiger partial charge in [-0.1, -0.05) is 66.7 Å². The molecule has 20 heavy (non-hydrogen) atoms. The highest BCUT2D eigenvalue weighted by molar-refractivity contribution is 7.84. The summed E-state index contributed by atoms with van der Waals surface area (Å²) in [5, 5.41) is 2.06. The van der Waals surface area contributed by atoms with Crippen molar-refractivity contribution in [2.45, 2.75) is 4.90 Å². The molecule has 3 heteroatoms. The molecule has 0 radical (unpaired) electrons. The lowest BCUT2D eigenvalue weighted by atomic mass is 10.1. The van der Waals surface area contributed by atoms with Gasteiger partial charge in [-0.3, -0.25) is 0 Å². The zero-order chi connectivity index (χ0) is 13.8. The van der Waals surface area contributed by atoms with Crippen LogP contribution in [-0.4, -0.2) is 10.4 Å². The highest BCUT2D eigenvalue weighted by atomic mass is 32.2. The van der Waals surface area contributed by atoms with E-state index in [2.05, 4.69) is 4.40 Å². The van der Waals surface area contributed by atoms with E-state index in [9.17, 15) is 4.21 Å². The zero-order valence-corrected chi connectivity index (χ0v) is 11.6. The van der Waals surface area contributed by atoms with E-state index in [1.54, 1.807) is 6.21 Å². The van der Waals surface area contributed by atoms with E-state index in [1.165, 1.54) is 0 Å². The number of hydrogen-bond donors (Lipinski definition) is 0. The summed E-state index contributed by atoms with van der Waals surface area (Å²) in [6.07, 6.45) is 1.65. The number of fused-ring (bicyclic) bond motifs is 1. The van der Waals surface area contributed by atoms with Gasteiger partial charge < -0.3 is 0 Å². The number of benzene rings is 3. The predicted octanol–water partition coefficient (Wildman–Crippen LogP) is 3.98. The van der Waals surface area contributed by atoms with Gasteiger partial charge in [0.25, 0.3) is 0 Å². The summed E-state index contributed by atoms with van der Waals surface area (Å²) in [7, 11) is -1.39. The van der Waals surface area contributed by atoms with Crippen molar-refractivity contribution in [1.29, 1.82) is 0 Å². The molecule has 0 unspecified atom stereocenters. The molecule has 0 spiro atoms. The van der Waals surface area contributed by atoms with Crippen molar-refractivity contribution in [3.8, 4) is 0 Å². The van der Waals surface area contributed by atoms with Crippen LogP contribution in [0.15, 0.2) is 82.1 Å². The van der Waals surface area contributed by atoms with Crippen molar-refractivity contribution in [3.63, 3.8) is 0 Å². The van der Waals surface area contributed by atoms with Crippen LogP contribution in [0.5, 0.6) is 0 Å². The molecule has 0 heterocycles. The first-order valence-electron chi connectivity index (χ1n) is 6.33. The first kappa shape index (κ1) is 12.8. The second-order valence-corrected chi connectivity index (χ2v) is 5.52. The van der Waals surface area contributed by atoms with Crippen molar-refractivity contribution in [3.05, 3.63) is 78.4 Å². The Hall–Kier alpha value is -2.26. The number of rotatable bonds is 3. The molecular weight excluding hydrogens is 266 g/mol. The molecule has 0 fully saturated rings. The van der Waals surface area contributed by atoms with Gasteiger partial charge in [0.2, 0.25) is 0 Å². The van der Waals surface area contributed by atoms with Gasteiger partial charge in [0, 0.05) is 6.21 Å². The lowest BCUT2D eigenvalue weighted by Crippen LogP contribution is -1.90. The molecule has 0 amide bonds. The van der Waals surface area contributed by atoms with Crippen molar-refractivity contribution >= 4 is 28.0 Å². The summed E-state index contributed by atoms with van der Waals surface area (Å²) < 4.78 is 16.5. The minimum absolute atomic E-state index is 0.746. The van der Waals surface area contributed by atoms with Gasteiger partial charge >= 0.3 is 0 Å². The summed E-state index contributed by atoms with van der Waals surface area (Å²) in [6, 6.07) is 23.4. The fraction of sp³-hybridized carbons (Fsp3) is 0. The first-order chi connectivity index (χ1) is 9.84. The molecule has 1 atom stereocenters. The van der Waals surface area contributed by atoms with E-state index in [0.717, 1.165) is 21.2 Å². The largest absolute Gasteiger partial charge is 0.229 e. The average molecular weight is 279 g/mol. The molecule has 3 aromatic carbocycles. The van der Waals surface area contributed by atoms with Gasteiger partial charge in [-0.05, 0) is 22.4 Å². The topological polar surface area (TPSA) is 29.4 Å². The van der Waals surface area contributed by atoms with Gasteiger partial charge in [0.15, 0.2) is 11.0 Å². The van der Waals surface area contributed by atoms with Crippen molar-refractivity contribution < 1.29 is 4.21 Å². The Kier molecular flexibility index (Phi) is 3.70. The van der Waals surface area contributed by atoms with Gasteiger partial charge in [-0.25, -0.2) is 4.21 Å². The maximum atomic E-state index is 12.3. The van der Waals surface area contributed by atoms with Crippen molar-refractivity contribution in [2.24, 2.45) is 4.40 Å². The first-order valence-corrected chi connectivity index (χ1v) is 7.44. The van der Waals surface area contributed by atoms with E-state index in [4.69, 9.17) is 0 Å². The molecular formula is C17H13NOS. The molecule has 2 nitrogen and oxygen atoms in total. The minimum Gasteiger partial charge on any atom is -0.229 e. The molecule has 0 N–H and O–H groups in total. The molecule has 0 aliphatic heterocycles. The SMILES string of the molecule is O=[S@](/N=C/c1ccccc1)c1cccc2ccccc12. The van der Waals surface area contributed by atoms with Gasteiger partial charge in [0.1, 0.15) is 0 Å². The summed E-state index contributed by atoms with van der Waals surface area (Å²) in [5.41, 5.74) is 0.945. The van der Waals surface area contributed by atoms with E-state index >= 15 is 0 Å². The average Bonchev–Trinajstić information content (AvgIpc) is 2.53. The Bertz CT molecular complexity index is 776. The van der Waals surface area contributed by atoms with E-state index < -0.39 is 11.0 Å². The number of nitrogens with zero attached hydrogens (tertiary/aromatic N) is 1. The molecule has 0 saturated carbocycles. The molecule has 3 rings (SSSR count). The van der Waals surface area contributed by atoms with Gasteiger partial charge in [-0.15, -0.1) is 0 Å². The van der Waals surface area contributed by atoms with E-state index in [-0.39, 0.29) is 0 Å². The second-order valence-electron chi connectivity index (χ2n) is 4.37. The summed E-state index contributed by atoms with van der Waals surface area (Å²) in [6.45, 7) is 0. The van der Waals surface area contributed by atoms with Crippen LogP contribution in [0.25, 0.3) is 10.8 Å². The van der Waals surface area contributed by atoms with E-state index in [0.29, 0.717) is 0 Å². The molecule has 0 aliphatic rings. The Morgan fingerprint density at radius 2 is 1.50 bits per heavy atom. The third-order valence-electron chi connectivity index (χ3n) is 3.03. The molecule has 3 aromatic rings. The minimum atomic E-state index is -1.39. The lowest BCUT2D eigenvalue weighted by molar-refractivity contribution is 0.685. The molecule has 0 aromatic heterocycles. The van der Waals surface area contributed by atoms with Crippen LogP contribution in [0.3, 0.4) is 0 Å². The van der Waals surface area contributed by atoms with Crippen molar-refractivity contribution in [1.82, 2.24) is 0 Å². The van der Waals surface area contributed by atoms with E-state index in [1.807, 2.05) is 72.8 Å². The summed E-state index contributed by atoms with van der Waals surface area (Å²) in [4.78, 5) is 0.746. The Morgan fingerprint density at radius 3 is 2.35 bits per heavy atom. The normalized spacial score (nSPS) is 12.8. The third-order valence-corrected chi connectivity index (χ3v) is 4.06. The Labute approximate surface area is 120 Å². The predicted molar refractivity (Wildman–Crippen MR) is 84.4 cm³/mol. The maximum absolute atomic E-state index is 12.3. The van der Waals surface area contributed by atoms with Crippen LogP contribution in [0.4, 0.5) is 0 Å². The van der Waals surface area contributed by atoms with Crippen LogP contribution >= 0.6 is 0 Å². The highest BCUT2D eigenvalue weighted by Gasteiger charge is 2.06. The highest BCUT2D eigenvalue weighted by Crippen LogP contribution is 2.21. The molecule has 0 bridgehead atoms. The molecule has 0 saturated heterocycles. The fourth-order valence-corrected chi connectivity index (χ4v) is 2.95. The Morgan fingerprint density at radius 1 is 0.800 bits per heavy atom. The Balaban J connectivity index is 1.95. The smallest absolute Gasteiger partial charge is 0.173 e. The third kappa shape index (κ3) is 2.68. The summed E-state index contributed by atoms with van der Waals surface area (Å²) >= 11 is 0. The van der Waals surface area contributed by atoms with Crippen LogP contribution in [0.1, 0.15) is 5.56 Å². The monoisotopic (exact) mass is 279 g/mol. The zero-order valence-electron chi connectivity index (χ0n) is 10.8. The van der Waals surface area contributed by atoms with Crippen LogP contribution < -0.4 is 0 Å². The van der Waals surface area contributed by atoms with Gasteiger partial charge in [-0.2, -0.15) is 4.40 Å². The fourth-order valence-electron chi connectivity index (χ4n) is 2.05. The second kappa shape index (κ2) is 5.80. The van der Waals surface area contributed by atoms with Crippen molar-refractivity contribution in [2.75, 3.05) is 0 Å². The van der Waals surface area contributed by atoms with Gasteiger partial charge in [0.05, 0.1) is 4.90 Å². The molecule has 0 aliphatic carbocycles. The quantitative estimate of drug-likeness (QED) is 0.667.